The molecule has 0 amide bonds. The van der Waals surface area contributed by atoms with Gasteiger partial charge in [0.05, 0.1) is 19.2 Å². The fraction of sp³-hybridized carbons (Fsp3) is 0.600. The summed E-state index contributed by atoms with van der Waals surface area (Å²) in [6.07, 6.45) is 5.81. The second-order valence-electron chi connectivity index (χ2n) is 7.80. The molecule has 1 aromatic heterocycles. The van der Waals surface area contributed by atoms with E-state index in [-0.39, 0.29) is 5.78 Å². The highest BCUT2D eigenvalue weighted by atomic mass is 16.5. The van der Waals surface area contributed by atoms with Gasteiger partial charge in [-0.2, -0.15) is 0 Å². The first kappa shape index (κ1) is 16.6. The summed E-state index contributed by atoms with van der Waals surface area (Å²) in [5, 5.41) is 0. The molecule has 25 heavy (non-hydrogen) atoms. The van der Waals surface area contributed by atoms with Crippen molar-refractivity contribution < 1.29 is 9.53 Å². The minimum atomic E-state index is 0.287. The van der Waals surface area contributed by atoms with Gasteiger partial charge in [-0.1, -0.05) is 6.07 Å². The lowest BCUT2D eigenvalue weighted by molar-refractivity contribution is -0.119. The van der Waals surface area contributed by atoms with Gasteiger partial charge in [-0.25, -0.2) is 4.98 Å². The maximum absolute atomic E-state index is 11.5. The third-order valence-electron chi connectivity index (χ3n) is 5.93. The van der Waals surface area contributed by atoms with Gasteiger partial charge in [0.15, 0.2) is 0 Å². The molecule has 5 heteroatoms. The van der Waals surface area contributed by atoms with Gasteiger partial charge >= 0.3 is 0 Å². The number of aromatic nitrogens is 2. The van der Waals surface area contributed by atoms with Crippen LogP contribution in [0, 0.1) is 12.8 Å². The van der Waals surface area contributed by atoms with Crippen molar-refractivity contribution in [1.82, 2.24) is 14.9 Å². The van der Waals surface area contributed by atoms with Crippen LogP contribution < -0.4 is 4.74 Å². The monoisotopic (exact) mass is 341 g/mol. The minimum Gasteiger partial charge on any atom is -0.494 e. The molecule has 0 saturated carbocycles. The molecular weight excluding hydrogens is 314 g/mol. The molecule has 2 fully saturated rings. The van der Waals surface area contributed by atoms with Gasteiger partial charge < -0.3 is 9.72 Å². The molecule has 1 N–H and O–H groups in total. The van der Waals surface area contributed by atoms with Crippen LogP contribution in [0.25, 0.3) is 11.0 Å². The first-order valence-corrected chi connectivity index (χ1v) is 9.32. The van der Waals surface area contributed by atoms with Crippen LogP contribution in [0.3, 0.4) is 0 Å². The van der Waals surface area contributed by atoms with Crippen LogP contribution in [-0.4, -0.2) is 46.4 Å². The van der Waals surface area contributed by atoms with Crippen LogP contribution in [0.1, 0.15) is 44.0 Å². The lowest BCUT2D eigenvalue weighted by Gasteiger charge is -2.38. The number of carbonyl (C=O) groups is 1. The zero-order chi connectivity index (χ0) is 17.6. The van der Waals surface area contributed by atoms with E-state index in [1.165, 1.54) is 25.7 Å². The number of hydrogen-bond acceptors (Lipinski definition) is 4. The van der Waals surface area contributed by atoms with Crippen molar-refractivity contribution in [3.05, 3.63) is 23.5 Å². The number of rotatable bonds is 5. The Morgan fingerprint density at radius 3 is 2.68 bits per heavy atom. The largest absolute Gasteiger partial charge is 0.494 e. The summed E-state index contributed by atoms with van der Waals surface area (Å²) in [5.41, 5.74) is 3.10. The standard InChI is InChI=1S/C20H27N3O2/c1-12-4-7-17-19(20(12)25-3)22-18(21-17)10-14-8-15-5-6-16(9-14)23(15)11-13(2)24/h4,7,14-16H,5-6,8-11H2,1-3H3,(H,21,22)/t14?,15-,16+. The molecular formula is C20H27N3O2. The Labute approximate surface area is 148 Å². The maximum Gasteiger partial charge on any atom is 0.149 e. The predicted octanol–water partition coefficient (Wildman–Crippen LogP) is 3.25. The third-order valence-corrected chi connectivity index (χ3v) is 5.93. The molecule has 0 aliphatic carbocycles. The molecule has 2 bridgehead atoms. The van der Waals surface area contributed by atoms with E-state index < -0.39 is 0 Å². The van der Waals surface area contributed by atoms with E-state index in [2.05, 4.69) is 28.9 Å². The van der Waals surface area contributed by atoms with Gasteiger partial charge in [0, 0.05) is 18.5 Å². The van der Waals surface area contributed by atoms with Gasteiger partial charge in [-0.05, 0) is 57.1 Å². The summed E-state index contributed by atoms with van der Waals surface area (Å²) in [5.74, 6) is 2.86. The highest BCUT2D eigenvalue weighted by molar-refractivity contribution is 5.83. The van der Waals surface area contributed by atoms with Crippen molar-refractivity contribution in [2.75, 3.05) is 13.7 Å². The summed E-state index contributed by atoms with van der Waals surface area (Å²) in [4.78, 5) is 22.3. The number of benzene rings is 1. The van der Waals surface area contributed by atoms with E-state index in [1.54, 1.807) is 14.0 Å². The van der Waals surface area contributed by atoms with Crippen molar-refractivity contribution >= 4 is 16.8 Å². The number of piperidine rings is 1. The van der Waals surface area contributed by atoms with Crippen LogP contribution in [-0.2, 0) is 11.2 Å². The van der Waals surface area contributed by atoms with Crippen molar-refractivity contribution in [2.45, 2.75) is 58.0 Å². The number of nitrogens with zero attached hydrogens (tertiary/aromatic N) is 2. The Kier molecular flexibility index (Phi) is 4.28. The van der Waals surface area contributed by atoms with Crippen molar-refractivity contribution in [3.63, 3.8) is 0 Å². The Balaban J connectivity index is 1.50. The average molecular weight is 341 g/mol. The van der Waals surface area contributed by atoms with Crippen LogP contribution in [0.5, 0.6) is 5.75 Å². The molecule has 0 radical (unpaired) electrons. The molecule has 3 heterocycles. The van der Waals surface area contributed by atoms with Gasteiger partial charge in [-0.3, -0.25) is 9.69 Å². The fourth-order valence-electron chi connectivity index (χ4n) is 4.90. The minimum absolute atomic E-state index is 0.287. The molecule has 3 atom stereocenters. The Morgan fingerprint density at radius 2 is 2.04 bits per heavy atom. The molecule has 5 nitrogen and oxygen atoms in total. The van der Waals surface area contributed by atoms with Crippen LogP contribution >= 0.6 is 0 Å². The highest BCUT2D eigenvalue weighted by Gasteiger charge is 2.40. The fourth-order valence-corrected chi connectivity index (χ4v) is 4.90. The van der Waals surface area contributed by atoms with E-state index in [1.807, 2.05) is 0 Å². The summed E-state index contributed by atoms with van der Waals surface area (Å²) in [7, 11) is 1.71. The number of aromatic amines is 1. The van der Waals surface area contributed by atoms with Crippen molar-refractivity contribution in [1.29, 1.82) is 0 Å². The van der Waals surface area contributed by atoms with Crippen molar-refractivity contribution in [3.8, 4) is 5.75 Å². The number of Topliss-reactive ketones (excluding diaryl/α,β-unsaturated/α-hetero) is 1. The van der Waals surface area contributed by atoms with E-state index in [0.29, 0.717) is 24.5 Å². The quantitative estimate of drug-likeness (QED) is 0.907. The lowest BCUT2D eigenvalue weighted by atomic mass is 9.88. The van der Waals surface area contributed by atoms with Gasteiger partial charge in [-0.15, -0.1) is 0 Å². The molecule has 134 valence electrons. The summed E-state index contributed by atoms with van der Waals surface area (Å²) < 4.78 is 5.54. The highest BCUT2D eigenvalue weighted by Crippen LogP contribution is 2.39. The topological polar surface area (TPSA) is 58.2 Å². The normalized spacial score (nSPS) is 26.3. The molecule has 2 aromatic rings. The van der Waals surface area contributed by atoms with Gasteiger partial charge in [0.1, 0.15) is 22.9 Å². The van der Waals surface area contributed by atoms with Crippen LogP contribution in [0.4, 0.5) is 0 Å². The second-order valence-corrected chi connectivity index (χ2v) is 7.80. The summed E-state index contributed by atoms with van der Waals surface area (Å²) in [6, 6.07) is 5.31. The number of hydrogen-bond donors (Lipinski definition) is 1. The molecule has 2 aliphatic heterocycles. The number of imidazole rings is 1. The lowest BCUT2D eigenvalue weighted by Crippen LogP contribution is -2.45. The van der Waals surface area contributed by atoms with Crippen LogP contribution in [0.2, 0.25) is 0 Å². The SMILES string of the molecule is COc1c(C)ccc2[nH]c(CC3C[C@H]4CC[C@@H](C3)N4CC(C)=O)nc12. The zero-order valence-electron chi connectivity index (χ0n) is 15.3. The van der Waals surface area contributed by atoms with E-state index in [0.717, 1.165) is 34.6 Å². The van der Waals surface area contributed by atoms with Gasteiger partial charge in [0.25, 0.3) is 0 Å². The number of ether oxygens (including phenoxy) is 1. The number of aryl methyl sites for hydroxylation is 1. The number of carbonyl (C=O) groups excluding carboxylic acids is 1. The number of methoxy groups -OCH3 is 1. The molecule has 2 aliphatic rings. The van der Waals surface area contributed by atoms with E-state index in [4.69, 9.17) is 9.72 Å². The predicted molar refractivity (Wildman–Crippen MR) is 98.0 cm³/mol. The Morgan fingerprint density at radius 1 is 1.32 bits per heavy atom. The third kappa shape index (κ3) is 3.06. The molecule has 1 unspecified atom stereocenters. The van der Waals surface area contributed by atoms with Crippen LogP contribution in [0.15, 0.2) is 12.1 Å². The number of H-pyrrole nitrogens is 1. The average Bonchev–Trinajstić information content (AvgIpc) is 3.05. The smallest absolute Gasteiger partial charge is 0.149 e. The molecule has 4 rings (SSSR count). The number of fused-ring (bicyclic) bond motifs is 3. The molecule has 2 saturated heterocycles. The first-order valence-electron chi connectivity index (χ1n) is 9.32. The van der Waals surface area contributed by atoms with Gasteiger partial charge in [0.2, 0.25) is 0 Å². The molecule has 1 aromatic carbocycles. The number of ketones is 1. The maximum atomic E-state index is 11.5. The summed E-state index contributed by atoms with van der Waals surface area (Å²) >= 11 is 0. The van der Waals surface area contributed by atoms with E-state index in [9.17, 15) is 4.79 Å². The number of nitrogens with one attached hydrogen (secondary N) is 1. The molecule has 0 spiro atoms. The zero-order valence-corrected chi connectivity index (χ0v) is 15.3. The first-order chi connectivity index (χ1) is 12.0. The Hall–Kier alpha value is -1.88. The summed E-state index contributed by atoms with van der Waals surface area (Å²) in [6.45, 7) is 4.38. The second kappa shape index (κ2) is 6.45. The van der Waals surface area contributed by atoms with E-state index >= 15 is 0 Å². The Bertz CT molecular complexity index is 784. The van der Waals surface area contributed by atoms with Crippen molar-refractivity contribution in [2.24, 2.45) is 5.92 Å².